The van der Waals surface area contributed by atoms with Crippen LogP contribution in [0.4, 0.5) is 5.69 Å². The van der Waals surface area contributed by atoms with Crippen LogP contribution in [0.1, 0.15) is 22.8 Å². The van der Waals surface area contributed by atoms with Crippen molar-refractivity contribution in [2.24, 2.45) is 0 Å². The monoisotopic (exact) mass is 1010 g/mol. The van der Waals surface area contributed by atoms with E-state index in [0.29, 0.717) is 0 Å². The molecule has 2 aliphatic heterocycles. The Bertz CT molecular complexity index is 4290. The molecule has 0 unspecified atom stereocenters. The first-order valence-electron chi connectivity index (χ1n) is 24.0. The number of hydrogen-bond donors (Lipinski definition) is 1. The Balaban J connectivity index is 0.00000516. The van der Waals surface area contributed by atoms with Gasteiger partial charge < -0.3 is 18.4 Å². The molecular formula is C64H40N5O2PZn. The van der Waals surface area contributed by atoms with Crippen LogP contribution in [-0.4, -0.2) is 9.97 Å². The molecule has 0 saturated carbocycles. The van der Waals surface area contributed by atoms with Gasteiger partial charge in [-0.15, -0.1) is 22.1 Å². The predicted octanol–water partition coefficient (Wildman–Crippen LogP) is 17.4. The SMILES string of the molecule is C1=Cc2nc1c(-c1ccccc1)c1ccc([n-]1)c(-c1ccccc1)c1nc(c(-c3ccccc3Np3oc4ccc5ccccc5c4c4c(ccc5ccccc54)o3)c3ccc([n-]3)c2-c2ccccc2)C=C1.[Zn+2]. The average molecular weight is 1010 g/mol. The molecule has 0 aliphatic carbocycles. The number of benzene rings is 8. The second kappa shape index (κ2) is 18.4. The van der Waals surface area contributed by atoms with Crippen molar-refractivity contribution in [2.45, 2.75) is 0 Å². The molecule has 0 radical (unpaired) electrons. The number of fused-ring (bicyclic) bond motifs is 15. The standard InChI is InChI=1S/C64H40N5O2P.Zn/c1-4-18-42(19-5-1)59-49-30-32-51(65-49)60(43-20-6-2-7-21-43)53-34-36-55(67-53)62(56-37-35-54(68-56)61(44-22-8-3-9-23-44)52-33-31-50(59)66-52)47-26-14-15-27-48(47)69-72-70-57-38-28-40-16-10-12-24-45(40)63(57)64-46-25-13-11-17-41(46)29-39-58(64)71-72;/h1-39,69H;/q-2;+2. The van der Waals surface area contributed by atoms with Gasteiger partial charge in [0.05, 0.1) is 28.5 Å². The van der Waals surface area contributed by atoms with Gasteiger partial charge in [0.1, 0.15) is 11.2 Å². The molecule has 73 heavy (non-hydrogen) atoms. The fraction of sp³-hybridized carbons (Fsp3) is 0. The summed E-state index contributed by atoms with van der Waals surface area (Å²) in [4.78, 5) is 21.9. The Kier molecular flexibility index (Phi) is 11.1. The molecule has 12 aromatic rings. The van der Waals surface area contributed by atoms with E-state index in [-0.39, 0.29) is 19.5 Å². The van der Waals surface area contributed by atoms with Crippen molar-refractivity contribution < 1.29 is 27.9 Å². The molecule has 340 valence electrons. The van der Waals surface area contributed by atoms with Gasteiger partial charge in [-0.25, -0.2) is 9.97 Å². The van der Waals surface area contributed by atoms with E-state index >= 15 is 0 Å². The Morgan fingerprint density at radius 1 is 0.356 bits per heavy atom. The smallest absolute Gasteiger partial charge is 0.657 e. The van der Waals surface area contributed by atoms with Gasteiger partial charge in [0.15, 0.2) is 0 Å². The molecule has 0 spiro atoms. The largest absolute Gasteiger partial charge is 2.00 e. The van der Waals surface area contributed by atoms with Crippen molar-refractivity contribution in [3.63, 3.8) is 0 Å². The molecule has 7 nitrogen and oxygen atoms in total. The fourth-order valence-corrected chi connectivity index (χ4v) is 11.6. The van der Waals surface area contributed by atoms with Crippen LogP contribution < -0.4 is 15.1 Å². The van der Waals surface area contributed by atoms with E-state index in [2.05, 4.69) is 217 Å². The topological polar surface area (TPSA) is 92.3 Å². The third-order valence-corrected chi connectivity index (χ3v) is 14.7. The van der Waals surface area contributed by atoms with Crippen LogP contribution in [0.5, 0.6) is 0 Å². The fourth-order valence-electron chi connectivity index (χ4n) is 10.4. The minimum atomic E-state index is -1.81. The van der Waals surface area contributed by atoms with E-state index in [1.165, 1.54) is 0 Å². The molecule has 14 rings (SSSR count). The maximum absolute atomic E-state index is 7.02. The zero-order valence-corrected chi connectivity index (χ0v) is 43.1. The van der Waals surface area contributed by atoms with Crippen molar-refractivity contribution >= 4 is 104 Å². The van der Waals surface area contributed by atoms with Gasteiger partial charge in [0, 0.05) is 16.3 Å². The molecule has 0 saturated heterocycles. The van der Waals surface area contributed by atoms with Crippen LogP contribution in [0.25, 0.3) is 134 Å². The van der Waals surface area contributed by atoms with E-state index < -0.39 is 8.16 Å². The summed E-state index contributed by atoms with van der Waals surface area (Å²) in [7, 11) is -1.81. The van der Waals surface area contributed by atoms with E-state index in [1.807, 2.05) is 24.3 Å². The second-order valence-corrected chi connectivity index (χ2v) is 19.0. The summed E-state index contributed by atoms with van der Waals surface area (Å²) in [6.45, 7) is 0. The van der Waals surface area contributed by atoms with Gasteiger partial charge in [-0.3, -0.25) is 5.09 Å². The van der Waals surface area contributed by atoms with Crippen LogP contribution in [0.15, 0.2) is 221 Å². The minimum absolute atomic E-state index is 0. The maximum atomic E-state index is 7.02. The molecule has 8 bridgehead atoms. The van der Waals surface area contributed by atoms with E-state index in [9.17, 15) is 0 Å². The van der Waals surface area contributed by atoms with Crippen molar-refractivity contribution in [3.8, 4) is 44.5 Å². The van der Waals surface area contributed by atoms with Gasteiger partial charge in [0.2, 0.25) is 0 Å². The predicted molar refractivity (Wildman–Crippen MR) is 299 cm³/mol. The zero-order valence-electron chi connectivity index (χ0n) is 39.3. The molecular weight excluding hydrogens is 967 g/mol. The summed E-state index contributed by atoms with van der Waals surface area (Å²) in [6, 6.07) is 73.2. The Morgan fingerprint density at radius 3 is 1.18 bits per heavy atom. The number of rotatable bonds is 6. The summed E-state index contributed by atoms with van der Waals surface area (Å²) in [5, 5.41) is 10.3. The van der Waals surface area contributed by atoms with Gasteiger partial charge in [-0.2, -0.15) is 0 Å². The number of aromatic nitrogens is 4. The Hall–Kier alpha value is -8.80. The summed E-state index contributed by atoms with van der Waals surface area (Å²) in [5.74, 6) is 0. The number of para-hydroxylation sites is 1. The van der Waals surface area contributed by atoms with Gasteiger partial charge in [-0.1, -0.05) is 194 Å². The van der Waals surface area contributed by atoms with Gasteiger partial charge >= 0.3 is 27.6 Å². The third-order valence-electron chi connectivity index (χ3n) is 13.6. The Morgan fingerprint density at radius 2 is 0.726 bits per heavy atom. The van der Waals surface area contributed by atoms with Crippen LogP contribution >= 0.6 is 8.16 Å². The maximum Gasteiger partial charge on any atom is 2.00 e. The third kappa shape index (κ3) is 7.80. The van der Waals surface area contributed by atoms with Crippen LogP contribution in [0.3, 0.4) is 0 Å². The molecule has 0 atom stereocenters. The van der Waals surface area contributed by atoms with E-state index in [0.717, 1.165) is 139 Å². The summed E-state index contributed by atoms with van der Waals surface area (Å²) in [6.07, 6.45) is 8.40. The molecule has 6 heterocycles. The van der Waals surface area contributed by atoms with Gasteiger partial charge in [-0.05, 0) is 103 Å². The first kappa shape index (κ1) is 44.2. The van der Waals surface area contributed by atoms with E-state index in [4.69, 9.17) is 28.3 Å². The van der Waals surface area contributed by atoms with Crippen LogP contribution in [0, 0.1) is 0 Å². The molecule has 0 amide bonds. The van der Waals surface area contributed by atoms with Crippen molar-refractivity contribution in [3.05, 3.63) is 235 Å². The number of nitrogens with one attached hydrogen (secondary N) is 1. The first-order chi connectivity index (χ1) is 35.7. The zero-order chi connectivity index (χ0) is 47.5. The molecule has 1 N–H and O–H groups in total. The second-order valence-electron chi connectivity index (χ2n) is 17.9. The first-order valence-corrected chi connectivity index (χ1v) is 25.1. The Labute approximate surface area is 433 Å². The van der Waals surface area contributed by atoms with E-state index in [1.54, 1.807) is 0 Å². The average Bonchev–Trinajstić information content (AvgIpc) is 4.28. The van der Waals surface area contributed by atoms with Crippen molar-refractivity contribution in [2.75, 3.05) is 5.09 Å². The molecule has 8 aromatic carbocycles. The quantitative estimate of drug-likeness (QED) is 0.166. The van der Waals surface area contributed by atoms with Gasteiger partial charge in [0.25, 0.3) is 0 Å². The normalized spacial score (nSPS) is 11.9. The molecule has 9 heteroatoms. The summed E-state index contributed by atoms with van der Waals surface area (Å²) >= 11 is 0. The number of nitrogens with zero attached hydrogens (tertiary/aromatic N) is 4. The van der Waals surface area contributed by atoms with Crippen LogP contribution in [-0.2, 0) is 19.5 Å². The molecule has 2 aliphatic rings. The number of anilines is 1. The molecule has 4 aromatic heterocycles. The van der Waals surface area contributed by atoms with Crippen LogP contribution in [0.2, 0.25) is 0 Å². The number of hydrogen-bond acceptors (Lipinski definition) is 5. The molecule has 0 fully saturated rings. The van der Waals surface area contributed by atoms with Crippen molar-refractivity contribution in [1.29, 1.82) is 0 Å². The summed E-state index contributed by atoms with van der Waals surface area (Å²) < 4.78 is 14.0. The summed E-state index contributed by atoms with van der Waals surface area (Å²) in [5.41, 5.74) is 16.2. The minimum Gasteiger partial charge on any atom is -0.657 e. The van der Waals surface area contributed by atoms with Crippen molar-refractivity contribution in [1.82, 2.24) is 19.9 Å².